The first-order chi connectivity index (χ1) is 34.9. The fourth-order valence-corrected chi connectivity index (χ4v) is 11.5. The van der Waals surface area contributed by atoms with Crippen LogP contribution in [-0.4, -0.2) is 0 Å². The normalized spacial score (nSPS) is 12.9. The molecule has 0 fully saturated rings. The quantitative estimate of drug-likeness (QED) is 0.137. The van der Waals surface area contributed by atoms with Gasteiger partial charge in [-0.3, -0.25) is 0 Å². The molecule has 4 nitrogen and oxygen atoms in total. The molecule has 4 heteroatoms. The lowest BCUT2D eigenvalue weighted by Gasteiger charge is -2.36. The summed E-state index contributed by atoms with van der Waals surface area (Å²) in [4.78, 5) is 4.82. The molecule has 0 unspecified atom stereocenters. The van der Waals surface area contributed by atoms with E-state index in [1.807, 2.05) is 0 Å². The molecule has 71 heavy (non-hydrogen) atoms. The van der Waals surface area contributed by atoms with Crippen molar-refractivity contribution in [3.8, 4) is 11.1 Å². The fraction of sp³-hybridized carbons (Fsp3) is 0.104. The minimum atomic E-state index is -0.843. The van der Waals surface area contributed by atoms with Gasteiger partial charge in [0.1, 0.15) is 16.7 Å². The van der Waals surface area contributed by atoms with Gasteiger partial charge in [0.2, 0.25) is 0 Å². The van der Waals surface area contributed by atoms with Gasteiger partial charge in [0.05, 0.1) is 22.2 Å². The maximum atomic E-state index is 7.45. The summed E-state index contributed by atoms with van der Waals surface area (Å²) >= 11 is 0. The highest BCUT2D eigenvalue weighted by Crippen LogP contribution is 2.64. The summed E-state index contributed by atoms with van der Waals surface area (Å²) in [6.07, 6.45) is 0. The van der Waals surface area contributed by atoms with Gasteiger partial charge in [0.15, 0.2) is 5.58 Å². The number of furan rings is 2. The summed E-state index contributed by atoms with van der Waals surface area (Å²) in [5.74, 6) is 0.789. The highest BCUT2D eigenvalue weighted by atomic mass is 16.3. The second-order valence-electron chi connectivity index (χ2n) is 19.6. The van der Waals surface area contributed by atoms with Crippen LogP contribution in [0.4, 0.5) is 34.1 Å². The van der Waals surface area contributed by atoms with E-state index < -0.39 is 5.41 Å². The van der Waals surface area contributed by atoms with E-state index in [4.69, 9.17) is 8.83 Å². The van der Waals surface area contributed by atoms with Crippen LogP contribution in [0.5, 0.6) is 0 Å². The number of para-hydroxylation sites is 4. The van der Waals surface area contributed by atoms with Crippen LogP contribution >= 0.6 is 0 Å². The summed E-state index contributed by atoms with van der Waals surface area (Å²) in [5.41, 5.74) is 18.1. The first kappa shape index (κ1) is 42.5. The second kappa shape index (κ2) is 16.8. The molecular weight excluding hydrogens is 865 g/mol. The van der Waals surface area contributed by atoms with Crippen LogP contribution < -0.4 is 9.80 Å². The van der Waals surface area contributed by atoms with Crippen molar-refractivity contribution in [2.45, 2.75) is 44.9 Å². The molecule has 0 saturated heterocycles. The van der Waals surface area contributed by atoms with Gasteiger partial charge in [-0.2, -0.15) is 0 Å². The summed E-state index contributed by atoms with van der Waals surface area (Å²) in [5, 5.41) is 4.22. The lowest BCUT2D eigenvalue weighted by Crippen LogP contribution is -2.29. The first-order valence-electron chi connectivity index (χ1n) is 24.9. The largest absolute Gasteiger partial charge is 0.455 e. The van der Waals surface area contributed by atoms with Gasteiger partial charge < -0.3 is 18.6 Å². The van der Waals surface area contributed by atoms with Crippen molar-refractivity contribution in [1.82, 2.24) is 0 Å². The Bertz CT molecular complexity index is 3870. The van der Waals surface area contributed by atoms with Crippen molar-refractivity contribution >= 4 is 78.0 Å². The van der Waals surface area contributed by atoms with Gasteiger partial charge in [0, 0.05) is 50.0 Å². The van der Waals surface area contributed by atoms with Crippen LogP contribution in [0.25, 0.3) is 55.0 Å². The number of fused-ring (bicyclic) bond motifs is 11. The van der Waals surface area contributed by atoms with Crippen LogP contribution in [0, 0.1) is 0 Å². The van der Waals surface area contributed by atoms with Crippen molar-refractivity contribution in [3.05, 3.63) is 264 Å². The third-order valence-electron chi connectivity index (χ3n) is 14.9. The monoisotopic (exact) mass is 916 g/mol. The first-order valence-corrected chi connectivity index (χ1v) is 24.9. The Kier molecular flexibility index (Phi) is 10.1. The van der Waals surface area contributed by atoms with Gasteiger partial charge in [0.25, 0.3) is 0 Å². The number of anilines is 6. The zero-order valence-corrected chi connectivity index (χ0v) is 40.3. The molecule has 0 N–H and O–H groups in total. The molecular formula is C67H52N2O2. The molecule has 1 aliphatic carbocycles. The van der Waals surface area contributed by atoms with Gasteiger partial charge in [-0.25, -0.2) is 0 Å². The van der Waals surface area contributed by atoms with Crippen LogP contribution in [0.2, 0.25) is 0 Å². The van der Waals surface area contributed by atoms with Crippen LogP contribution in [0.15, 0.2) is 239 Å². The van der Waals surface area contributed by atoms with E-state index in [1.165, 1.54) is 11.1 Å². The molecule has 0 radical (unpaired) electrons. The molecule has 0 atom stereocenters. The fourth-order valence-electron chi connectivity index (χ4n) is 11.5. The predicted octanol–water partition coefficient (Wildman–Crippen LogP) is 19.0. The summed E-state index contributed by atoms with van der Waals surface area (Å²) in [6.45, 7) is 9.00. The minimum absolute atomic E-state index is 0.393. The smallest absolute Gasteiger partial charge is 0.160 e. The van der Waals surface area contributed by atoms with E-state index in [9.17, 15) is 0 Å². The Balaban J connectivity index is 1.24. The molecule has 2 aromatic heterocycles. The number of benzene rings is 10. The van der Waals surface area contributed by atoms with Crippen molar-refractivity contribution in [2.75, 3.05) is 9.80 Å². The van der Waals surface area contributed by atoms with Crippen LogP contribution in [0.1, 0.15) is 72.9 Å². The molecule has 2 heterocycles. The Morgan fingerprint density at radius 1 is 0.352 bits per heavy atom. The van der Waals surface area contributed by atoms with E-state index in [-0.39, 0.29) is 0 Å². The predicted molar refractivity (Wildman–Crippen MR) is 296 cm³/mol. The molecule has 0 amide bonds. The molecule has 10 aromatic carbocycles. The molecule has 0 saturated carbocycles. The molecule has 0 aliphatic heterocycles. The third-order valence-corrected chi connectivity index (χ3v) is 14.9. The second-order valence-corrected chi connectivity index (χ2v) is 19.6. The Morgan fingerprint density at radius 3 is 1.23 bits per heavy atom. The van der Waals surface area contributed by atoms with Crippen LogP contribution in [0.3, 0.4) is 0 Å². The lowest BCUT2D eigenvalue weighted by atomic mass is 9.67. The highest BCUT2D eigenvalue weighted by molar-refractivity contribution is 6.26. The molecule has 13 rings (SSSR count). The third kappa shape index (κ3) is 6.58. The zero-order chi connectivity index (χ0) is 47.8. The minimum Gasteiger partial charge on any atom is -0.455 e. The summed E-state index contributed by atoms with van der Waals surface area (Å²) in [7, 11) is 0. The van der Waals surface area contributed by atoms with Crippen molar-refractivity contribution < 1.29 is 8.83 Å². The Labute approximate surface area is 414 Å². The number of hydrogen-bond donors (Lipinski definition) is 0. The van der Waals surface area contributed by atoms with E-state index in [2.05, 4.69) is 268 Å². The Morgan fingerprint density at radius 2 is 0.732 bits per heavy atom. The van der Waals surface area contributed by atoms with Crippen molar-refractivity contribution in [2.24, 2.45) is 0 Å². The summed E-state index contributed by atoms with van der Waals surface area (Å²) in [6, 6.07) is 83.9. The van der Waals surface area contributed by atoms with Gasteiger partial charge in [-0.05, 0) is 118 Å². The topological polar surface area (TPSA) is 32.8 Å². The lowest BCUT2D eigenvalue weighted by molar-refractivity contribution is 0.668. The molecule has 12 aromatic rings. The average molecular weight is 917 g/mol. The standard InChI is InChI=1S/C67H52N2O2/c1-43(2)45-33-37-51(38-34-45)68(49-25-13-7-14-26-49)57-41-56-64(66-61(57)53-29-17-19-31-59(53)71-66)63-55(67(56,47-21-9-5-10-22-47)48-23-11-6-12-24-48)42-58(65-62(63)54-30-18-20-32-60(54)70-65)69(50-27-15-8-16-28-50)52-39-35-46(36-40-52)44(3)4/h5-44H,1-4H3. The highest BCUT2D eigenvalue weighted by Gasteiger charge is 2.50. The Hall–Kier alpha value is -8.60. The zero-order valence-electron chi connectivity index (χ0n) is 40.3. The van der Waals surface area contributed by atoms with Crippen molar-refractivity contribution in [3.63, 3.8) is 0 Å². The maximum absolute atomic E-state index is 7.45. The summed E-state index contributed by atoms with van der Waals surface area (Å²) < 4.78 is 14.7. The van der Waals surface area contributed by atoms with Gasteiger partial charge in [-0.1, -0.05) is 185 Å². The SMILES string of the molecule is CC(C)c1ccc(N(c2ccccc2)c2cc3c(c4c2oc2ccccc24)-c2c(cc(N(c4ccccc4)c4ccc(C(C)C)cc4)c4c2oc2ccccc24)C3(c2ccccc2)c2ccccc2)cc1. The van der Waals surface area contributed by atoms with E-state index in [0.717, 1.165) is 111 Å². The van der Waals surface area contributed by atoms with Gasteiger partial charge >= 0.3 is 0 Å². The van der Waals surface area contributed by atoms with Gasteiger partial charge in [-0.15, -0.1) is 0 Å². The average Bonchev–Trinajstić information content (AvgIpc) is 4.10. The molecule has 0 spiro atoms. The van der Waals surface area contributed by atoms with E-state index in [1.54, 1.807) is 0 Å². The number of hydrogen-bond acceptors (Lipinski definition) is 4. The molecule has 342 valence electrons. The number of nitrogens with zero attached hydrogens (tertiary/aromatic N) is 2. The van der Waals surface area contributed by atoms with E-state index >= 15 is 0 Å². The van der Waals surface area contributed by atoms with Crippen LogP contribution in [-0.2, 0) is 5.41 Å². The van der Waals surface area contributed by atoms with E-state index in [0.29, 0.717) is 11.8 Å². The van der Waals surface area contributed by atoms with Crippen molar-refractivity contribution in [1.29, 1.82) is 0 Å². The number of rotatable bonds is 10. The molecule has 1 aliphatic rings. The molecule has 0 bridgehead atoms. The maximum Gasteiger partial charge on any atom is 0.160 e.